The average molecular weight is 420 g/mol. The van der Waals surface area contributed by atoms with E-state index in [-0.39, 0.29) is 24.5 Å². The number of ether oxygens (including phenoxy) is 1. The van der Waals surface area contributed by atoms with Crippen LogP contribution in [-0.2, 0) is 4.74 Å². The van der Waals surface area contributed by atoms with Crippen LogP contribution in [0, 0.1) is 0 Å². The Hall–Kier alpha value is -2.87. The lowest BCUT2D eigenvalue weighted by atomic mass is 10.2. The minimum absolute atomic E-state index is 0.0684. The van der Waals surface area contributed by atoms with Gasteiger partial charge < -0.3 is 18.9 Å². The molecule has 2 aromatic heterocycles. The van der Waals surface area contributed by atoms with Gasteiger partial charge in [-0.05, 0) is 46.6 Å². The van der Waals surface area contributed by atoms with E-state index in [4.69, 9.17) is 13.6 Å². The monoisotopic (exact) mass is 419 g/mol. The molecule has 3 aromatic rings. The van der Waals surface area contributed by atoms with Gasteiger partial charge in [-0.3, -0.25) is 4.79 Å². The maximum absolute atomic E-state index is 12.1. The van der Waals surface area contributed by atoms with Crippen molar-refractivity contribution >= 4 is 38.8 Å². The summed E-state index contributed by atoms with van der Waals surface area (Å²) in [5, 5.41) is 3.26. The Morgan fingerprint density at radius 2 is 1.92 bits per heavy atom. The van der Waals surface area contributed by atoms with Crippen molar-refractivity contribution in [2.45, 2.75) is 6.42 Å². The Labute approximate surface area is 156 Å². The highest BCUT2D eigenvalue weighted by Gasteiger charge is 2.14. The summed E-state index contributed by atoms with van der Waals surface area (Å²) in [6, 6.07) is 11.5. The summed E-state index contributed by atoms with van der Waals surface area (Å²) >= 11 is 3.10. The number of carbonyl (C=O) groups is 2. The largest absolute Gasteiger partial charge is 0.460 e. The molecule has 7 nitrogen and oxygen atoms in total. The van der Waals surface area contributed by atoms with Crippen LogP contribution in [0.25, 0.3) is 11.0 Å². The van der Waals surface area contributed by atoms with Crippen molar-refractivity contribution < 1.29 is 23.2 Å². The van der Waals surface area contributed by atoms with E-state index in [1.54, 1.807) is 30.3 Å². The van der Waals surface area contributed by atoms with Gasteiger partial charge in [0.1, 0.15) is 11.1 Å². The molecule has 0 saturated heterocycles. The van der Waals surface area contributed by atoms with E-state index >= 15 is 0 Å². The van der Waals surface area contributed by atoms with Crippen LogP contribution < -0.4 is 10.9 Å². The van der Waals surface area contributed by atoms with Gasteiger partial charge in [-0.15, -0.1) is 0 Å². The van der Waals surface area contributed by atoms with E-state index in [1.807, 2.05) is 0 Å². The van der Waals surface area contributed by atoms with E-state index in [0.29, 0.717) is 22.1 Å². The number of rotatable bonds is 6. The second-order valence-electron chi connectivity index (χ2n) is 5.33. The first-order valence-electron chi connectivity index (χ1n) is 7.78. The third-order valence-corrected chi connectivity index (χ3v) is 3.93. The zero-order chi connectivity index (χ0) is 18.5. The number of para-hydroxylation sites is 1. The predicted octanol–water partition coefficient (Wildman–Crippen LogP) is 3.13. The summed E-state index contributed by atoms with van der Waals surface area (Å²) in [4.78, 5) is 35.7. The minimum atomic E-state index is -0.698. The van der Waals surface area contributed by atoms with Crippen molar-refractivity contribution in [3.63, 3.8) is 0 Å². The Morgan fingerprint density at radius 1 is 1.12 bits per heavy atom. The predicted molar refractivity (Wildman–Crippen MR) is 96.1 cm³/mol. The smallest absolute Gasteiger partial charge is 0.374 e. The van der Waals surface area contributed by atoms with Crippen LogP contribution in [0.4, 0.5) is 0 Å². The number of benzene rings is 1. The van der Waals surface area contributed by atoms with Crippen molar-refractivity contribution in [3.05, 3.63) is 68.9 Å². The summed E-state index contributed by atoms with van der Waals surface area (Å²) in [6.45, 7) is 0.337. The van der Waals surface area contributed by atoms with E-state index in [9.17, 15) is 14.4 Å². The normalized spacial score (nSPS) is 10.7. The van der Waals surface area contributed by atoms with Crippen molar-refractivity contribution in [2.24, 2.45) is 0 Å². The zero-order valence-electron chi connectivity index (χ0n) is 13.5. The van der Waals surface area contributed by atoms with E-state index in [2.05, 4.69) is 21.2 Å². The molecule has 0 saturated carbocycles. The van der Waals surface area contributed by atoms with Crippen molar-refractivity contribution in [1.82, 2.24) is 5.32 Å². The number of amides is 1. The Morgan fingerprint density at radius 3 is 2.69 bits per heavy atom. The molecular formula is C18H14BrNO6. The summed E-state index contributed by atoms with van der Waals surface area (Å²) in [6.07, 6.45) is 0.387. The fourth-order valence-electron chi connectivity index (χ4n) is 2.25. The molecule has 0 spiro atoms. The van der Waals surface area contributed by atoms with Crippen LogP contribution in [-0.4, -0.2) is 25.0 Å². The van der Waals surface area contributed by atoms with Gasteiger partial charge in [0.05, 0.1) is 6.61 Å². The standard InChI is InChI=1S/C18H14BrNO6/c19-15-7-6-14(25-15)18(23)24-9-3-8-20-16(21)12-10-11-4-1-2-5-13(11)26-17(12)22/h1-2,4-7,10H,3,8-9H2,(H,20,21). The first-order valence-corrected chi connectivity index (χ1v) is 8.57. The molecule has 26 heavy (non-hydrogen) atoms. The molecule has 1 N–H and O–H groups in total. The lowest BCUT2D eigenvalue weighted by molar-refractivity contribution is 0.0463. The van der Waals surface area contributed by atoms with Gasteiger partial charge in [0.25, 0.3) is 5.91 Å². The van der Waals surface area contributed by atoms with Crippen molar-refractivity contribution in [2.75, 3.05) is 13.2 Å². The van der Waals surface area contributed by atoms with Gasteiger partial charge in [0.15, 0.2) is 4.67 Å². The second-order valence-corrected chi connectivity index (χ2v) is 6.12. The Bertz CT molecular complexity index is 1010. The number of nitrogens with one attached hydrogen (secondary N) is 1. The molecule has 3 rings (SSSR count). The summed E-state index contributed by atoms with van der Waals surface area (Å²) in [5.74, 6) is -1.03. The number of fused-ring (bicyclic) bond motifs is 1. The maximum Gasteiger partial charge on any atom is 0.374 e. The SMILES string of the molecule is O=C(OCCCNC(=O)c1cc2ccccc2oc1=O)c1ccc(Br)o1. The van der Waals surface area contributed by atoms with E-state index < -0.39 is 17.5 Å². The third kappa shape index (κ3) is 4.20. The molecule has 8 heteroatoms. The topological polar surface area (TPSA) is 98.7 Å². The summed E-state index contributed by atoms with van der Waals surface area (Å²) in [5.41, 5.74) is -0.345. The molecule has 0 aliphatic carbocycles. The minimum Gasteiger partial charge on any atom is -0.460 e. The third-order valence-electron chi connectivity index (χ3n) is 3.50. The molecule has 0 bridgehead atoms. The molecule has 0 aliphatic rings. The fraction of sp³-hybridized carbons (Fsp3) is 0.167. The Kier molecular flexibility index (Phi) is 5.52. The highest BCUT2D eigenvalue weighted by molar-refractivity contribution is 9.10. The van der Waals surface area contributed by atoms with Crippen LogP contribution in [0.2, 0.25) is 0 Å². The van der Waals surface area contributed by atoms with Crippen LogP contribution >= 0.6 is 15.9 Å². The molecule has 0 radical (unpaired) electrons. The molecule has 0 aliphatic heterocycles. The number of furan rings is 1. The number of esters is 1. The zero-order valence-corrected chi connectivity index (χ0v) is 15.1. The van der Waals surface area contributed by atoms with Gasteiger partial charge in [-0.1, -0.05) is 18.2 Å². The molecule has 0 atom stereocenters. The van der Waals surface area contributed by atoms with Crippen LogP contribution in [0.1, 0.15) is 27.3 Å². The fourth-order valence-corrected chi connectivity index (χ4v) is 2.56. The number of halogens is 1. The highest BCUT2D eigenvalue weighted by Crippen LogP contribution is 2.15. The number of hydrogen-bond donors (Lipinski definition) is 1. The average Bonchev–Trinajstić information content (AvgIpc) is 3.07. The van der Waals surface area contributed by atoms with Crippen molar-refractivity contribution in [3.8, 4) is 0 Å². The molecular weight excluding hydrogens is 406 g/mol. The molecule has 134 valence electrons. The molecule has 1 aromatic carbocycles. The molecule has 2 heterocycles. The molecule has 0 unspecified atom stereocenters. The van der Waals surface area contributed by atoms with Crippen LogP contribution in [0.3, 0.4) is 0 Å². The van der Waals surface area contributed by atoms with Crippen molar-refractivity contribution in [1.29, 1.82) is 0 Å². The number of carbonyl (C=O) groups excluding carboxylic acids is 2. The molecule has 1 amide bonds. The first kappa shape index (κ1) is 17.9. The highest BCUT2D eigenvalue weighted by atomic mass is 79.9. The maximum atomic E-state index is 12.1. The van der Waals surface area contributed by atoms with E-state index in [1.165, 1.54) is 12.1 Å². The molecule has 0 fully saturated rings. The van der Waals surface area contributed by atoms with Gasteiger partial charge in [-0.25, -0.2) is 9.59 Å². The number of hydrogen-bond acceptors (Lipinski definition) is 6. The van der Waals surface area contributed by atoms with Crippen LogP contribution in [0.15, 0.2) is 60.8 Å². The van der Waals surface area contributed by atoms with Crippen LogP contribution in [0.5, 0.6) is 0 Å². The lowest BCUT2D eigenvalue weighted by Crippen LogP contribution is -2.29. The van der Waals surface area contributed by atoms with E-state index in [0.717, 1.165) is 0 Å². The van der Waals surface area contributed by atoms with Gasteiger partial charge in [0.2, 0.25) is 5.76 Å². The van der Waals surface area contributed by atoms with Gasteiger partial charge >= 0.3 is 11.6 Å². The summed E-state index contributed by atoms with van der Waals surface area (Å²) in [7, 11) is 0. The second kappa shape index (κ2) is 8.01. The van der Waals surface area contributed by atoms with Gasteiger partial charge in [-0.2, -0.15) is 0 Å². The lowest BCUT2D eigenvalue weighted by Gasteiger charge is -2.06. The Balaban J connectivity index is 1.49. The first-order chi connectivity index (χ1) is 12.5. The summed E-state index contributed by atoms with van der Waals surface area (Å²) < 4.78 is 15.7. The van der Waals surface area contributed by atoms with Gasteiger partial charge in [0, 0.05) is 11.9 Å². The quantitative estimate of drug-likeness (QED) is 0.374.